The first kappa shape index (κ1) is 18.1. The van der Waals surface area contributed by atoms with Gasteiger partial charge in [0.15, 0.2) is 17.6 Å². The van der Waals surface area contributed by atoms with Gasteiger partial charge < -0.3 is 24.5 Å². The second kappa shape index (κ2) is 7.06. The van der Waals surface area contributed by atoms with E-state index < -0.39 is 19.0 Å². The number of imidazole rings is 1. The summed E-state index contributed by atoms with van der Waals surface area (Å²) in [6.45, 7) is -3.19. The number of halogens is 1. The molecule has 12 heteroatoms. The molecular formula is C14H19FN5O4PS. The first-order valence-corrected chi connectivity index (χ1v) is 10.8. The average Bonchev–Trinajstić information content (AvgIpc) is 3.14. The largest absolute Gasteiger partial charge is 0.382 e. The number of ether oxygens (including phenoxy) is 1. The van der Waals surface area contributed by atoms with Crippen LogP contribution in [-0.4, -0.2) is 56.5 Å². The smallest absolute Gasteiger partial charge is 0.324 e. The Morgan fingerprint density at radius 1 is 1.38 bits per heavy atom. The molecular weight excluding hydrogens is 384 g/mol. The third kappa shape index (κ3) is 3.60. The lowest BCUT2D eigenvalue weighted by atomic mass is 9.81. The number of hydrogen-bond acceptors (Lipinski definition) is 8. The van der Waals surface area contributed by atoms with Crippen molar-refractivity contribution in [3.63, 3.8) is 0 Å². The zero-order chi connectivity index (χ0) is 18.3. The summed E-state index contributed by atoms with van der Waals surface area (Å²) in [5, 5.41) is 0. The molecule has 142 valence electrons. The third-order valence-corrected chi connectivity index (χ3v) is 6.28. The van der Waals surface area contributed by atoms with E-state index in [4.69, 9.17) is 31.3 Å². The van der Waals surface area contributed by atoms with E-state index >= 15 is 0 Å². The van der Waals surface area contributed by atoms with Gasteiger partial charge in [-0.2, -0.15) is 0 Å². The van der Waals surface area contributed by atoms with Crippen LogP contribution in [0.1, 0.15) is 18.9 Å². The highest BCUT2D eigenvalue weighted by molar-refractivity contribution is 8.07. The highest BCUT2D eigenvalue weighted by atomic mass is 32.5. The van der Waals surface area contributed by atoms with E-state index in [1.165, 1.54) is 6.33 Å². The first-order valence-electron chi connectivity index (χ1n) is 8.23. The Kier molecular flexibility index (Phi) is 4.93. The lowest BCUT2D eigenvalue weighted by Crippen LogP contribution is -2.30. The van der Waals surface area contributed by atoms with E-state index in [2.05, 4.69) is 15.0 Å². The van der Waals surface area contributed by atoms with Gasteiger partial charge in [-0.15, -0.1) is 0 Å². The topological polar surface area (TPSA) is 118 Å². The molecule has 0 spiro atoms. The summed E-state index contributed by atoms with van der Waals surface area (Å²) in [5.74, 6) is 0.573. The maximum atomic E-state index is 13.5. The number of rotatable bonds is 6. The fourth-order valence-electron chi connectivity index (χ4n) is 3.21. The van der Waals surface area contributed by atoms with E-state index in [1.807, 2.05) is 4.57 Å². The Morgan fingerprint density at radius 2 is 2.19 bits per heavy atom. The van der Waals surface area contributed by atoms with Gasteiger partial charge in [-0.25, -0.2) is 19.3 Å². The fourth-order valence-corrected chi connectivity index (χ4v) is 4.72. The van der Waals surface area contributed by atoms with Gasteiger partial charge in [0, 0.05) is 6.04 Å². The van der Waals surface area contributed by atoms with Gasteiger partial charge in [0.2, 0.25) is 0 Å². The quantitative estimate of drug-likeness (QED) is 0.689. The minimum Gasteiger partial charge on any atom is -0.382 e. The van der Waals surface area contributed by atoms with Crippen molar-refractivity contribution < 1.29 is 23.1 Å². The zero-order valence-corrected chi connectivity index (χ0v) is 15.5. The van der Waals surface area contributed by atoms with Crippen molar-refractivity contribution >= 4 is 35.5 Å². The SMILES string of the molecule is Nc1ncnc2c1ncn2[C@H]1C[C@@H](COP(O)(=S)O[C@H]2COC[C@H]2F)C1. The van der Waals surface area contributed by atoms with Gasteiger partial charge in [-0.1, -0.05) is 0 Å². The lowest BCUT2D eigenvalue weighted by molar-refractivity contribution is 0.0707. The number of fused-ring (bicyclic) bond motifs is 1. The predicted molar refractivity (Wildman–Crippen MR) is 94.5 cm³/mol. The van der Waals surface area contributed by atoms with E-state index in [0.717, 1.165) is 12.8 Å². The molecule has 9 nitrogen and oxygen atoms in total. The molecule has 3 heterocycles. The molecule has 3 N–H and O–H groups in total. The third-order valence-electron chi connectivity index (χ3n) is 4.70. The molecule has 1 aliphatic carbocycles. The summed E-state index contributed by atoms with van der Waals surface area (Å²) in [4.78, 5) is 22.5. The van der Waals surface area contributed by atoms with Gasteiger partial charge >= 0.3 is 6.72 Å². The molecule has 2 aliphatic rings. The normalized spacial score (nSPS) is 31.0. The van der Waals surface area contributed by atoms with Gasteiger partial charge in [0.25, 0.3) is 0 Å². The standard InChI is InChI=1S/C14H19FN5O4PS/c15-10-4-22-5-11(10)24-25(21,26)23-3-8-1-9(2-8)20-7-19-12-13(16)17-6-18-14(12)20/h6-11H,1-5H2,(H,21,26)(H2,16,17,18)/t8-,9+,10-,11+,25?/m1/s1. The van der Waals surface area contributed by atoms with Crippen LogP contribution in [0, 0.1) is 5.92 Å². The maximum absolute atomic E-state index is 13.5. The van der Waals surface area contributed by atoms with Crippen LogP contribution >= 0.6 is 6.72 Å². The van der Waals surface area contributed by atoms with Crippen molar-refractivity contribution in [1.82, 2.24) is 19.5 Å². The molecule has 3 atom stereocenters. The first-order chi connectivity index (χ1) is 12.4. The summed E-state index contributed by atoms with van der Waals surface area (Å²) in [6, 6.07) is 0.221. The highest BCUT2D eigenvalue weighted by Gasteiger charge is 2.36. The number of hydrogen-bond donors (Lipinski definition) is 2. The van der Waals surface area contributed by atoms with Gasteiger partial charge in [0.1, 0.15) is 17.9 Å². The monoisotopic (exact) mass is 403 g/mol. The molecule has 26 heavy (non-hydrogen) atoms. The fraction of sp³-hybridized carbons (Fsp3) is 0.643. The van der Waals surface area contributed by atoms with E-state index in [1.54, 1.807) is 6.33 Å². The van der Waals surface area contributed by atoms with E-state index in [-0.39, 0.29) is 31.8 Å². The number of nitrogens with zero attached hydrogens (tertiary/aromatic N) is 4. The van der Waals surface area contributed by atoms with E-state index in [9.17, 15) is 9.28 Å². The summed E-state index contributed by atoms with van der Waals surface area (Å²) in [7, 11) is 0. The Labute approximate surface area is 153 Å². The van der Waals surface area contributed by atoms with Crippen LogP contribution in [0.2, 0.25) is 0 Å². The zero-order valence-electron chi connectivity index (χ0n) is 13.8. The summed E-state index contributed by atoms with van der Waals surface area (Å²) in [5.41, 5.74) is 7.09. The van der Waals surface area contributed by atoms with Crippen LogP contribution < -0.4 is 5.73 Å². The summed E-state index contributed by atoms with van der Waals surface area (Å²) < 4.78 is 31.0. The molecule has 1 unspecified atom stereocenters. The number of aromatic nitrogens is 4. The summed E-state index contributed by atoms with van der Waals surface area (Å²) in [6.07, 6.45) is 2.62. The second-order valence-corrected chi connectivity index (χ2v) is 9.33. The summed E-state index contributed by atoms with van der Waals surface area (Å²) >= 11 is 4.96. The number of nitrogen functional groups attached to an aromatic ring is 1. The molecule has 0 radical (unpaired) electrons. The Bertz CT molecular complexity index is 848. The molecule has 1 saturated heterocycles. The number of nitrogens with two attached hydrogens (primary N) is 1. The van der Waals surface area contributed by atoms with Crippen LogP contribution in [0.4, 0.5) is 10.2 Å². The van der Waals surface area contributed by atoms with Crippen molar-refractivity contribution in [2.75, 3.05) is 25.6 Å². The predicted octanol–water partition coefficient (Wildman–Crippen LogP) is 1.35. The second-order valence-electron chi connectivity index (χ2n) is 6.54. The van der Waals surface area contributed by atoms with Crippen molar-refractivity contribution in [2.45, 2.75) is 31.2 Å². The van der Waals surface area contributed by atoms with Crippen molar-refractivity contribution in [2.24, 2.45) is 5.92 Å². The highest BCUT2D eigenvalue weighted by Crippen LogP contribution is 2.49. The van der Waals surface area contributed by atoms with Crippen LogP contribution in [0.3, 0.4) is 0 Å². The number of alkyl halides is 1. The Balaban J connectivity index is 1.29. The molecule has 2 aromatic rings. The maximum Gasteiger partial charge on any atom is 0.324 e. The van der Waals surface area contributed by atoms with Crippen LogP contribution in [-0.2, 0) is 25.6 Å². The average molecular weight is 403 g/mol. The molecule has 0 bridgehead atoms. The molecule has 1 saturated carbocycles. The van der Waals surface area contributed by atoms with Crippen LogP contribution in [0.15, 0.2) is 12.7 Å². The number of anilines is 1. The molecule has 0 aromatic carbocycles. The molecule has 2 aromatic heterocycles. The molecule has 1 aliphatic heterocycles. The van der Waals surface area contributed by atoms with Crippen molar-refractivity contribution in [1.29, 1.82) is 0 Å². The molecule has 4 rings (SSSR count). The van der Waals surface area contributed by atoms with Gasteiger partial charge in [-0.05, 0) is 30.6 Å². The Morgan fingerprint density at radius 3 is 2.92 bits per heavy atom. The Hall–Kier alpha value is -1.23. The van der Waals surface area contributed by atoms with Crippen LogP contribution in [0.25, 0.3) is 11.2 Å². The van der Waals surface area contributed by atoms with Crippen molar-refractivity contribution in [3.05, 3.63) is 12.7 Å². The van der Waals surface area contributed by atoms with Crippen LogP contribution in [0.5, 0.6) is 0 Å². The minimum absolute atomic E-state index is 0.0444. The lowest BCUT2D eigenvalue weighted by Gasteiger charge is -2.36. The molecule has 2 fully saturated rings. The van der Waals surface area contributed by atoms with Crippen molar-refractivity contribution in [3.8, 4) is 0 Å². The van der Waals surface area contributed by atoms with E-state index in [0.29, 0.717) is 17.0 Å². The van der Waals surface area contributed by atoms with Gasteiger partial charge in [-0.3, -0.25) is 4.52 Å². The van der Waals surface area contributed by atoms with Gasteiger partial charge in [0.05, 0.1) is 26.1 Å². The minimum atomic E-state index is -3.48. The molecule has 0 amide bonds.